The molecule has 23 heavy (non-hydrogen) atoms. The van der Waals surface area contributed by atoms with E-state index in [9.17, 15) is 18.0 Å². The van der Waals surface area contributed by atoms with Gasteiger partial charge in [0.1, 0.15) is 10.8 Å². The number of carbonyl (C=O) groups excluding carboxylic acids is 1. The summed E-state index contributed by atoms with van der Waals surface area (Å²) in [6.45, 7) is 2.33. The number of hydrogen-bond donors (Lipinski definition) is 3. The average Bonchev–Trinajstić information content (AvgIpc) is 2.88. The quantitative estimate of drug-likeness (QED) is 0.724. The molecule has 0 unspecified atom stereocenters. The van der Waals surface area contributed by atoms with Crippen LogP contribution in [0.5, 0.6) is 0 Å². The number of anilines is 2. The number of nitrogens with zero attached hydrogens (tertiary/aromatic N) is 3. The van der Waals surface area contributed by atoms with Gasteiger partial charge in [-0.05, 0) is 19.1 Å². The van der Waals surface area contributed by atoms with Gasteiger partial charge in [-0.1, -0.05) is 11.3 Å². The molecule has 2 rings (SSSR count). The topological polar surface area (TPSA) is 91.8 Å². The van der Waals surface area contributed by atoms with Crippen molar-refractivity contribution in [2.45, 2.75) is 13.1 Å². The largest absolute Gasteiger partial charge is 0.417 e. The van der Waals surface area contributed by atoms with Gasteiger partial charge in [0.05, 0.1) is 5.56 Å². The van der Waals surface area contributed by atoms with Crippen LogP contribution >= 0.6 is 11.3 Å². The normalized spacial score (nSPS) is 11.1. The van der Waals surface area contributed by atoms with Gasteiger partial charge in [0, 0.05) is 19.3 Å². The molecule has 0 atom stereocenters. The fraction of sp³-hybridized carbons (Fsp3) is 0.333. The van der Waals surface area contributed by atoms with E-state index < -0.39 is 17.8 Å². The summed E-state index contributed by atoms with van der Waals surface area (Å²) in [5.74, 6) is 0.292. The molecule has 0 aliphatic carbocycles. The molecule has 124 valence electrons. The Morgan fingerprint density at radius 3 is 2.61 bits per heavy atom. The van der Waals surface area contributed by atoms with E-state index in [1.165, 1.54) is 17.4 Å². The Bertz CT molecular complexity index is 658. The van der Waals surface area contributed by atoms with Crippen molar-refractivity contribution in [2.75, 3.05) is 23.7 Å². The van der Waals surface area contributed by atoms with Crippen LogP contribution in [0.2, 0.25) is 0 Å². The van der Waals surface area contributed by atoms with Crippen molar-refractivity contribution in [2.24, 2.45) is 0 Å². The number of nitrogens with one attached hydrogen (secondary N) is 3. The van der Waals surface area contributed by atoms with Gasteiger partial charge in [-0.2, -0.15) is 13.2 Å². The van der Waals surface area contributed by atoms with Crippen molar-refractivity contribution in [3.05, 3.63) is 28.9 Å². The van der Waals surface area contributed by atoms with Gasteiger partial charge in [-0.25, -0.2) is 9.78 Å². The zero-order valence-corrected chi connectivity index (χ0v) is 12.8. The minimum Gasteiger partial charge on any atom is -0.368 e. The lowest BCUT2D eigenvalue weighted by molar-refractivity contribution is -0.137. The molecule has 0 fully saturated rings. The average molecular weight is 346 g/mol. The second-order valence-corrected chi connectivity index (χ2v) is 5.55. The van der Waals surface area contributed by atoms with Crippen molar-refractivity contribution in [1.82, 2.24) is 20.5 Å². The molecule has 0 radical (unpaired) electrons. The molecule has 0 aliphatic rings. The molecular weight excluding hydrogens is 333 g/mol. The number of hydrogen-bond acceptors (Lipinski definition) is 6. The zero-order chi connectivity index (χ0) is 16.9. The molecule has 3 N–H and O–H groups in total. The van der Waals surface area contributed by atoms with Crippen molar-refractivity contribution in [3.8, 4) is 0 Å². The van der Waals surface area contributed by atoms with Crippen LogP contribution < -0.4 is 16.0 Å². The second kappa shape index (κ2) is 7.22. The van der Waals surface area contributed by atoms with Crippen LogP contribution in [0.4, 0.5) is 28.9 Å². The number of pyridine rings is 1. The molecule has 2 amide bonds. The first-order chi connectivity index (χ1) is 10.8. The molecule has 2 aromatic rings. The first kappa shape index (κ1) is 16.9. The highest BCUT2D eigenvalue weighted by Crippen LogP contribution is 2.28. The predicted molar refractivity (Wildman–Crippen MR) is 79.4 cm³/mol. The summed E-state index contributed by atoms with van der Waals surface area (Å²) in [5.41, 5.74) is -0.812. The summed E-state index contributed by atoms with van der Waals surface area (Å²) >= 11 is 1.24. The highest BCUT2D eigenvalue weighted by atomic mass is 32.1. The van der Waals surface area contributed by atoms with Gasteiger partial charge >= 0.3 is 12.2 Å². The van der Waals surface area contributed by atoms with Gasteiger partial charge in [0.25, 0.3) is 0 Å². The second-order valence-electron chi connectivity index (χ2n) is 4.36. The Morgan fingerprint density at radius 1 is 1.26 bits per heavy atom. The van der Waals surface area contributed by atoms with Gasteiger partial charge in [0.15, 0.2) is 0 Å². The van der Waals surface area contributed by atoms with E-state index in [1.807, 2.05) is 0 Å². The molecule has 7 nitrogen and oxygen atoms in total. The highest BCUT2D eigenvalue weighted by Gasteiger charge is 2.30. The molecular formula is C12H13F3N6OS. The summed E-state index contributed by atoms with van der Waals surface area (Å²) in [4.78, 5) is 15.2. The lowest BCUT2D eigenvalue weighted by atomic mass is 10.3. The number of carbonyl (C=O) groups is 1. The third kappa shape index (κ3) is 5.36. The zero-order valence-electron chi connectivity index (χ0n) is 11.9. The molecule has 11 heteroatoms. The predicted octanol–water partition coefficient (Wildman–Crippen LogP) is 2.49. The van der Waals surface area contributed by atoms with Crippen LogP contribution in [0.1, 0.15) is 10.6 Å². The van der Waals surface area contributed by atoms with Crippen LogP contribution in [0.15, 0.2) is 18.3 Å². The molecule has 0 saturated carbocycles. The Balaban J connectivity index is 1.70. The van der Waals surface area contributed by atoms with E-state index in [0.29, 0.717) is 17.5 Å². The summed E-state index contributed by atoms with van der Waals surface area (Å²) in [6.07, 6.45) is -3.66. The van der Waals surface area contributed by atoms with Crippen molar-refractivity contribution < 1.29 is 18.0 Å². The van der Waals surface area contributed by atoms with E-state index >= 15 is 0 Å². The maximum absolute atomic E-state index is 12.4. The maximum Gasteiger partial charge on any atom is 0.417 e. The van der Waals surface area contributed by atoms with Crippen molar-refractivity contribution >= 4 is 28.3 Å². The van der Waals surface area contributed by atoms with E-state index in [0.717, 1.165) is 17.3 Å². The number of amides is 2. The number of halogens is 3. The monoisotopic (exact) mass is 346 g/mol. The molecule has 2 aromatic heterocycles. The van der Waals surface area contributed by atoms with Gasteiger partial charge in [0.2, 0.25) is 5.13 Å². The molecule has 2 heterocycles. The molecule has 0 aromatic carbocycles. The number of rotatable bonds is 5. The standard InChI is InChI=1S/C12H13F3N6OS/c1-7-20-21-11(23-7)19-10(22)17-5-4-16-9-3-2-8(6-18-9)12(13,14)15/h2-3,6H,4-5H2,1H3,(H,16,18)(H2,17,19,21,22). The molecule has 0 saturated heterocycles. The van der Waals surface area contributed by atoms with Gasteiger partial charge in [-0.3, -0.25) is 5.32 Å². The number of aromatic nitrogens is 3. The third-order valence-corrected chi connectivity index (χ3v) is 3.31. The Labute approximate surface area is 133 Å². The van der Waals surface area contributed by atoms with Crippen molar-refractivity contribution in [1.29, 1.82) is 0 Å². The number of aryl methyl sites for hydroxylation is 1. The van der Waals surface area contributed by atoms with E-state index in [-0.39, 0.29) is 6.54 Å². The first-order valence-corrected chi connectivity index (χ1v) is 7.28. The summed E-state index contributed by atoms with van der Waals surface area (Å²) < 4.78 is 37.1. The number of alkyl halides is 3. The summed E-state index contributed by atoms with van der Waals surface area (Å²) in [5, 5.41) is 16.5. The van der Waals surface area contributed by atoms with E-state index in [4.69, 9.17) is 0 Å². The first-order valence-electron chi connectivity index (χ1n) is 6.46. The SMILES string of the molecule is Cc1nnc(NC(=O)NCCNc2ccc(C(F)(F)F)cn2)s1. The summed E-state index contributed by atoms with van der Waals surface area (Å²) in [6, 6.07) is 1.73. The molecule has 0 bridgehead atoms. The Morgan fingerprint density at radius 2 is 2.04 bits per heavy atom. The lowest BCUT2D eigenvalue weighted by Gasteiger charge is -2.09. The molecule has 0 spiro atoms. The fourth-order valence-corrected chi connectivity index (χ4v) is 2.11. The fourth-order valence-electron chi connectivity index (χ4n) is 1.52. The smallest absolute Gasteiger partial charge is 0.368 e. The van der Waals surface area contributed by atoms with Crippen LogP contribution in [0, 0.1) is 6.92 Å². The summed E-state index contributed by atoms with van der Waals surface area (Å²) in [7, 11) is 0. The number of urea groups is 1. The lowest BCUT2D eigenvalue weighted by Crippen LogP contribution is -2.32. The molecule has 0 aliphatic heterocycles. The van der Waals surface area contributed by atoms with Crippen LogP contribution in [0.25, 0.3) is 0 Å². The van der Waals surface area contributed by atoms with E-state index in [1.54, 1.807) is 6.92 Å². The van der Waals surface area contributed by atoms with Crippen LogP contribution in [0.3, 0.4) is 0 Å². The Kier molecular flexibility index (Phi) is 5.32. The third-order valence-electron chi connectivity index (χ3n) is 2.55. The van der Waals surface area contributed by atoms with Crippen molar-refractivity contribution in [3.63, 3.8) is 0 Å². The minimum absolute atomic E-state index is 0.256. The van der Waals surface area contributed by atoms with Crippen LogP contribution in [-0.4, -0.2) is 34.3 Å². The Hall–Kier alpha value is -2.43. The van der Waals surface area contributed by atoms with E-state index in [2.05, 4.69) is 31.1 Å². The highest BCUT2D eigenvalue weighted by molar-refractivity contribution is 7.15. The minimum atomic E-state index is -4.41. The van der Waals surface area contributed by atoms with Gasteiger partial charge < -0.3 is 10.6 Å². The van der Waals surface area contributed by atoms with Gasteiger partial charge in [-0.15, -0.1) is 10.2 Å². The maximum atomic E-state index is 12.4. The van der Waals surface area contributed by atoms with Crippen LogP contribution in [-0.2, 0) is 6.18 Å².